The topological polar surface area (TPSA) is 99.8 Å². The number of fused-ring (bicyclic) bond motifs is 1. The highest BCUT2D eigenvalue weighted by atomic mass is 16.5. The van der Waals surface area contributed by atoms with E-state index in [0.29, 0.717) is 31.1 Å². The van der Waals surface area contributed by atoms with E-state index in [1.165, 1.54) is 0 Å². The third kappa shape index (κ3) is 4.07. The Labute approximate surface area is 152 Å². The lowest BCUT2D eigenvalue weighted by atomic mass is 9.92. The number of hydrogen-bond acceptors (Lipinski definition) is 4. The van der Waals surface area contributed by atoms with Crippen LogP contribution in [-0.4, -0.2) is 55.0 Å². The second kappa shape index (κ2) is 8.07. The van der Waals surface area contributed by atoms with Crippen molar-refractivity contribution in [3.63, 3.8) is 0 Å². The normalized spacial score (nSPS) is 21.6. The number of carbonyl (C=O) groups excluding carboxylic acids is 3. The fourth-order valence-corrected chi connectivity index (χ4v) is 3.43. The van der Waals surface area contributed by atoms with Gasteiger partial charge >= 0.3 is 6.03 Å². The molecule has 8 nitrogen and oxygen atoms in total. The number of hydrogen-bond donors (Lipinski definition) is 3. The van der Waals surface area contributed by atoms with Gasteiger partial charge < -0.3 is 25.6 Å². The highest BCUT2D eigenvalue weighted by molar-refractivity contribution is 5.91. The van der Waals surface area contributed by atoms with Gasteiger partial charge in [0.25, 0.3) is 5.91 Å². The number of urea groups is 1. The molecule has 26 heavy (non-hydrogen) atoms. The lowest BCUT2D eigenvalue weighted by Crippen LogP contribution is -2.50. The summed E-state index contributed by atoms with van der Waals surface area (Å²) in [4.78, 5) is 37.5. The van der Waals surface area contributed by atoms with Crippen LogP contribution >= 0.6 is 0 Å². The van der Waals surface area contributed by atoms with E-state index in [2.05, 4.69) is 16.0 Å². The smallest absolute Gasteiger partial charge is 0.322 e. The summed E-state index contributed by atoms with van der Waals surface area (Å²) in [5.74, 6) is 0.322. The molecule has 2 saturated heterocycles. The molecule has 1 aromatic carbocycles. The maximum absolute atomic E-state index is 12.6. The molecule has 4 amide bonds. The molecule has 0 bridgehead atoms. The van der Waals surface area contributed by atoms with Crippen molar-refractivity contribution in [2.75, 3.05) is 31.6 Å². The van der Waals surface area contributed by atoms with Crippen molar-refractivity contribution in [1.82, 2.24) is 15.5 Å². The molecule has 2 aliphatic rings. The van der Waals surface area contributed by atoms with Gasteiger partial charge in [-0.15, -0.1) is 0 Å². The summed E-state index contributed by atoms with van der Waals surface area (Å²) >= 11 is 0. The Morgan fingerprint density at radius 3 is 2.81 bits per heavy atom. The van der Waals surface area contributed by atoms with Gasteiger partial charge in [0.1, 0.15) is 5.75 Å². The summed E-state index contributed by atoms with van der Waals surface area (Å²) in [5, 5.41) is 8.36. The maximum atomic E-state index is 12.6. The van der Waals surface area contributed by atoms with Gasteiger partial charge in [0, 0.05) is 25.3 Å². The molecular formula is C18H24N4O4. The fraction of sp³-hybridized carbons (Fsp3) is 0.500. The Balaban J connectivity index is 1.54. The van der Waals surface area contributed by atoms with Crippen molar-refractivity contribution in [2.24, 2.45) is 5.92 Å². The number of likely N-dealkylation sites (N-methyl/N-ethyl adjacent to an activating group) is 1. The van der Waals surface area contributed by atoms with E-state index in [4.69, 9.17) is 4.74 Å². The predicted molar refractivity (Wildman–Crippen MR) is 95.9 cm³/mol. The van der Waals surface area contributed by atoms with E-state index >= 15 is 0 Å². The van der Waals surface area contributed by atoms with Gasteiger partial charge in [-0.2, -0.15) is 0 Å². The Bertz CT molecular complexity index is 676. The second-order valence-electron chi connectivity index (χ2n) is 6.45. The van der Waals surface area contributed by atoms with Crippen molar-refractivity contribution in [1.29, 1.82) is 0 Å². The number of amides is 4. The SMILES string of the molecule is CCNC(=O)COc1ccc(NC(=O)N2CCCC3C(=O)NCC32)cc1. The first-order valence-electron chi connectivity index (χ1n) is 8.93. The van der Waals surface area contributed by atoms with E-state index in [1.54, 1.807) is 29.2 Å². The third-order valence-corrected chi connectivity index (χ3v) is 4.71. The molecule has 0 aromatic heterocycles. The lowest BCUT2D eigenvalue weighted by Gasteiger charge is -2.35. The van der Waals surface area contributed by atoms with E-state index in [0.717, 1.165) is 12.8 Å². The summed E-state index contributed by atoms with van der Waals surface area (Å²) < 4.78 is 5.38. The standard InChI is InChI=1S/C18H24N4O4/c1-2-19-16(23)11-26-13-7-5-12(6-8-13)21-18(25)22-9-3-4-14-15(22)10-20-17(14)24/h5-8,14-15H,2-4,9-11H2,1H3,(H,19,23)(H,20,24)(H,21,25). The van der Waals surface area contributed by atoms with Crippen LogP contribution in [0.15, 0.2) is 24.3 Å². The second-order valence-corrected chi connectivity index (χ2v) is 6.45. The summed E-state index contributed by atoms with van der Waals surface area (Å²) in [6, 6.07) is 6.58. The third-order valence-electron chi connectivity index (χ3n) is 4.71. The first-order chi connectivity index (χ1) is 12.6. The molecule has 0 spiro atoms. The number of piperidine rings is 1. The van der Waals surface area contributed by atoms with Crippen molar-refractivity contribution in [3.8, 4) is 5.75 Å². The number of anilines is 1. The highest BCUT2D eigenvalue weighted by Crippen LogP contribution is 2.28. The highest BCUT2D eigenvalue weighted by Gasteiger charge is 2.42. The van der Waals surface area contributed by atoms with Gasteiger partial charge in [-0.05, 0) is 44.0 Å². The average Bonchev–Trinajstić information content (AvgIpc) is 3.02. The molecule has 3 N–H and O–H groups in total. The van der Waals surface area contributed by atoms with Gasteiger partial charge in [0.15, 0.2) is 6.61 Å². The van der Waals surface area contributed by atoms with E-state index in [1.807, 2.05) is 6.92 Å². The molecule has 2 atom stereocenters. The van der Waals surface area contributed by atoms with Gasteiger partial charge in [-0.3, -0.25) is 9.59 Å². The first-order valence-corrected chi connectivity index (χ1v) is 8.93. The van der Waals surface area contributed by atoms with Gasteiger partial charge in [-0.25, -0.2) is 4.79 Å². The minimum Gasteiger partial charge on any atom is -0.484 e. The minimum atomic E-state index is -0.202. The summed E-state index contributed by atoms with van der Waals surface area (Å²) in [6.45, 7) is 3.53. The molecule has 0 saturated carbocycles. The average molecular weight is 360 g/mol. The Morgan fingerprint density at radius 1 is 1.31 bits per heavy atom. The largest absolute Gasteiger partial charge is 0.484 e. The van der Waals surface area contributed by atoms with Crippen molar-refractivity contribution >= 4 is 23.5 Å². The zero-order valence-electron chi connectivity index (χ0n) is 14.8. The molecule has 0 radical (unpaired) electrons. The number of nitrogens with one attached hydrogen (secondary N) is 3. The zero-order valence-corrected chi connectivity index (χ0v) is 14.8. The van der Waals surface area contributed by atoms with Crippen LogP contribution < -0.4 is 20.7 Å². The van der Waals surface area contributed by atoms with Crippen LogP contribution in [0.25, 0.3) is 0 Å². The number of nitrogens with zero attached hydrogens (tertiary/aromatic N) is 1. The number of rotatable bonds is 5. The number of likely N-dealkylation sites (tertiary alicyclic amines) is 1. The molecule has 0 aliphatic carbocycles. The number of ether oxygens (including phenoxy) is 1. The van der Waals surface area contributed by atoms with E-state index in [-0.39, 0.29) is 36.4 Å². The van der Waals surface area contributed by atoms with Gasteiger partial charge in [-0.1, -0.05) is 0 Å². The van der Waals surface area contributed by atoms with Crippen LogP contribution in [0.1, 0.15) is 19.8 Å². The molecule has 2 fully saturated rings. The Kier molecular flexibility index (Phi) is 5.60. The van der Waals surface area contributed by atoms with Crippen molar-refractivity contribution in [2.45, 2.75) is 25.8 Å². The lowest BCUT2D eigenvalue weighted by molar-refractivity contribution is -0.124. The maximum Gasteiger partial charge on any atom is 0.322 e. The zero-order chi connectivity index (χ0) is 18.5. The van der Waals surface area contributed by atoms with Crippen LogP contribution in [-0.2, 0) is 9.59 Å². The number of carbonyl (C=O) groups is 3. The van der Waals surface area contributed by atoms with Crippen LogP contribution in [0.4, 0.5) is 10.5 Å². The molecule has 2 unspecified atom stereocenters. The van der Waals surface area contributed by atoms with Crippen LogP contribution in [0.5, 0.6) is 5.75 Å². The molecule has 140 valence electrons. The van der Waals surface area contributed by atoms with Crippen LogP contribution in [0, 0.1) is 5.92 Å². The molecule has 8 heteroatoms. The molecular weight excluding hydrogens is 336 g/mol. The van der Waals surface area contributed by atoms with E-state index in [9.17, 15) is 14.4 Å². The van der Waals surface area contributed by atoms with Gasteiger partial charge in [0.2, 0.25) is 5.91 Å². The molecule has 1 aromatic rings. The van der Waals surface area contributed by atoms with Crippen LogP contribution in [0.2, 0.25) is 0 Å². The number of benzene rings is 1. The Morgan fingerprint density at radius 2 is 2.08 bits per heavy atom. The van der Waals surface area contributed by atoms with E-state index < -0.39 is 0 Å². The monoisotopic (exact) mass is 360 g/mol. The first kappa shape index (κ1) is 18.0. The minimum absolute atomic E-state index is 0.0427. The molecule has 3 rings (SSSR count). The van der Waals surface area contributed by atoms with Gasteiger partial charge in [0.05, 0.1) is 12.0 Å². The molecule has 2 aliphatic heterocycles. The molecule has 2 heterocycles. The summed E-state index contributed by atoms with van der Waals surface area (Å²) in [6.07, 6.45) is 1.66. The Hall–Kier alpha value is -2.77. The predicted octanol–water partition coefficient (Wildman–Crippen LogP) is 0.944. The van der Waals surface area contributed by atoms with Crippen molar-refractivity contribution in [3.05, 3.63) is 24.3 Å². The quantitative estimate of drug-likeness (QED) is 0.728. The van der Waals surface area contributed by atoms with Crippen LogP contribution in [0.3, 0.4) is 0 Å². The van der Waals surface area contributed by atoms with Crippen molar-refractivity contribution < 1.29 is 19.1 Å². The summed E-state index contributed by atoms with van der Waals surface area (Å²) in [5.41, 5.74) is 0.639. The fourth-order valence-electron chi connectivity index (χ4n) is 3.43. The summed E-state index contributed by atoms with van der Waals surface area (Å²) in [7, 11) is 0.